The number of ether oxygens (including phenoxy) is 2. The van der Waals surface area contributed by atoms with Crippen molar-refractivity contribution in [2.24, 2.45) is 0 Å². The Hall–Kier alpha value is -2.44. The number of rotatable bonds is 6. The van der Waals surface area contributed by atoms with Crippen LogP contribution in [0.1, 0.15) is 51.4 Å². The smallest absolute Gasteiger partial charge is 0.155 e. The van der Waals surface area contributed by atoms with Gasteiger partial charge in [0, 0.05) is 11.1 Å². The lowest BCUT2D eigenvalue weighted by molar-refractivity contribution is 0.210. The number of hydrogen-bond acceptors (Lipinski definition) is 6. The molecule has 0 N–H and O–H groups in total. The summed E-state index contributed by atoms with van der Waals surface area (Å²) in [6.07, 6.45) is 10.5. The number of fused-ring (bicyclic) bond motifs is 1. The maximum Gasteiger partial charge on any atom is 0.155 e. The van der Waals surface area contributed by atoms with Crippen LogP contribution in [0.3, 0.4) is 0 Å². The van der Waals surface area contributed by atoms with E-state index in [4.69, 9.17) is 19.4 Å². The predicted molar refractivity (Wildman–Crippen MR) is 132 cm³/mol. The van der Waals surface area contributed by atoms with E-state index in [-0.39, 0.29) is 0 Å². The van der Waals surface area contributed by atoms with Crippen molar-refractivity contribution < 1.29 is 9.47 Å². The zero-order chi connectivity index (χ0) is 21.3. The van der Waals surface area contributed by atoms with Crippen molar-refractivity contribution in [2.75, 3.05) is 0 Å². The van der Waals surface area contributed by atoms with E-state index in [9.17, 15) is 0 Å². The van der Waals surface area contributed by atoms with Gasteiger partial charge in [-0.25, -0.2) is 9.97 Å². The lowest BCUT2D eigenvalue weighted by atomic mass is 10.2. The average Bonchev–Trinajstić information content (AvgIpc) is 3.59. The van der Waals surface area contributed by atoms with Gasteiger partial charge in [-0.2, -0.15) is 0 Å². The molecule has 0 bridgehead atoms. The van der Waals surface area contributed by atoms with E-state index in [2.05, 4.69) is 48.5 Å². The van der Waals surface area contributed by atoms with Crippen LogP contribution in [0.25, 0.3) is 30.8 Å². The highest BCUT2D eigenvalue weighted by Gasteiger charge is 2.19. The third-order valence-electron chi connectivity index (χ3n) is 6.35. The SMILES string of the molecule is c1cc(OC2CCCC2)cc(-c2nc3sc(-c4cccc(OC5CCCC5)c4)nc3s2)c1. The third kappa shape index (κ3) is 4.26. The first-order chi connectivity index (χ1) is 15.8. The molecule has 2 aromatic carbocycles. The largest absolute Gasteiger partial charge is 0.490 e. The molecule has 0 radical (unpaired) electrons. The van der Waals surface area contributed by atoms with Crippen molar-refractivity contribution in [2.45, 2.75) is 63.6 Å². The van der Waals surface area contributed by atoms with Crippen LogP contribution in [0.15, 0.2) is 48.5 Å². The number of nitrogens with zero attached hydrogens (tertiary/aromatic N) is 2. The molecule has 0 amide bonds. The predicted octanol–water partition coefficient (Wildman–Crippen LogP) is 7.73. The maximum absolute atomic E-state index is 6.18. The second-order valence-electron chi connectivity index (χ2n) is 8.75. The topological polar surface area (TPSA) is 44.2 Å². The Morgan fingerprint density at radius 1 is 0.625 bits per heavy atom. The van der Waals surface area contributed by atoms with Crippen LogP contribution in [0, 0.1) is 0 Å². The summed E-state index contributed by atoms with van der Waals surface area (Å²) in [5.41, 5.74) is 2.20. The molecule has 2 aromatic heterocycles. The number of benzene rings is 2. The van der Waals surface area contributed by atoms with Crippen LogP contribution in [0.4, 0.5) is 0 Å². The number of thiazole rings is 2. The van der Waals surface area contributed by atoms with Gasteiger partial charge in [0.05, 0.1) is 12.2 Å². The number of hydrogen-bond donors (Lipinski definition) is 0. The van der Waals surface area contributed by atoms with Gasteiger partial charge < -0.3 is 9.47 Å². The van der Waals surface area contributed by atoms with E-state index in [1.54, 1.807) is 22.7 Å². The van der Waals surface area contributed by atoms with E-state index >= 15 is 0 Å². The zero-order valence-corrected chi connectivity index (χ0v) is 19.6. The Kier molecular flexibility index (Phi) is 5.57. The maximum atomic E-state index is 6.18. The standard InChI is InChI=1S/C26H26N2O2S2/c1-2-10-19(9-1)29-21-13-5-7-17(15-21)23-27-25-26(31-23)28-24(32-25)18-8-6-14-22(16-18)30-20-11-3-4-12-20/h5-8,13-16,19-20H,1-4,9-12H2. The van der Waals surface area contributed by atoms with Crippen LogP contribution in [0.5, 0.6) is 11.5 Å². The van der Waals surface area contributed by atoms with Crippen LogP contribution in [-0.4, -0.2) is 22.2 Å². The summed E-state index contributed by atoms with van der Waals surface area (Å²) in [5.74, 6) is 1.89. The van der Waals surface area contributed by atoms with Crippen LogP contribution in [0.2, 0.25) is 0 Å². The first kappa shape index (κ1) is 20.2. The Bertz CT molecular complexity index is 1100. The quantitative estimate of drug-likeness (QED) is 0.294. The van der Waals surface area contributed by atoms with Gasteiger partial charge >= 0.3 is 0 Å². The lowest BCUT2D eigenvalue weighted by Gasteiger charge is -2.13. The van der Waals surface area contributed by atoms with E-state index in [1.165, 1.54) is 25.7 Å². The van der Waals surface area contributed by atoms with Gasteiger partial charge in [-0.1, -0.05) is 46.9 Å². The van der Waals surface area contributed by atoms with E-state index in [1.807, 2.05) is 0 Å². The fourth-order valence-corrected chi connectivity index (χ4v) is 6.73. The average molecular weight is 463 g/mol. The van der Waals surface area contributed by atoms with Crippen molar-refractivity contribution in [3.8, 4) is 32.6 Å². The molecule has 0 saturated heterocycles. The molecule has 2 saturated carbocycles. The molecule has 32 heavy (non-hydrogen) atoms. The van der Waals surface area contributed by atoms with Gasteiger partial charge in [-0.05, 0) is 75.6 Å². The molecule has 6 heteroatoms. The summed E-state index contributed by atoms with van der Waals surface area (Å²) in [6.45, 7) is 0. The van der Waals surface area contributed by atoms with Crippen LogP contribution < -0.4 is 9.47 Å². The minimum Gasteiger partial charge on any atom is -0.490 e. The van der Waals surface area contributed by atoms with E-state index in [0.29, 0.717) is 12.2 Å². The highest BCUT2D eigenvalue weighted by atomic mass is 32.1. The fourth-order valence-electron chi connectivity index (χ4n) is 4.69. The molecular formula is C26H26N2O2S2. The molecule has 0 aliphatic heterocycles. The van der Waals surface area contributed by atoms with Crippen LogP contribution in [-0.2, 0) is 0 Å². The van der Waals surface area contributed by atoms with Crippen molar-refractivity contribution in [3.05, 3.63) is 48.5 Å². The van der Waals surface area contributed by atoms with Crippen molar-refractivity contribution in [3.63, 3.8) is 0 Å². The lowest BCUT2D eigenvalue weighted by Crippen LogP contribution is -2.10. The van der Waals surface area contributed by atoms with Crippen molar-refractivity contribution in [1.29, 1.82) is 0 Å². The zero-order valence-electron chi connectivity index (χ0n) is 18.0. The highest BCUT2D eigenvalue weighted by molar-refractivity contribution is 7.29. The van der Waals surface area contributed by atoms with Gasteiger partial charge in [-0.3, -0.25) is 0 Å². The van der Waals surface area contributed by atoms with E-state index in [0.717, 1.165) is 68.0 Å². The molecular weight excluding hydrogens is 436 g/mol. The van der Waals surface area contributed by atoms with Gasteiger partial charge in [0.2, 0.25) is 0 Å². The molecule has 0 atom stereocenters. The second-order valence-corrected chi connectivity index (χ2v) is 10.7. The Morgan fingerprint density at radius 3 is 1.50 bits per heavy atom. The molecule has 2 heterocycles. The third-order valence-corrected chi connectivity index (χ3v) is 8.47. The van der Waals surface area contributed by atoms with Crippen molar-refractivity contribution >= 4 is 32.3 Å². The second kappa shape index (κ2) is 8.83. The first-order valence-corrected chi connectivity index (χ1v) is 13.2. The summed E-state index contributed by atoms with van der Waals surface area (Å²) in [4.78, 5) is 11.8. The molecule has 2 fully saturated rings. The number of aromatic nitrogens is 2. The molecule has 4 nitrogen and oxygen atoms in total. The summed E-state index contributed by atoms with van der Waals surface area (Å²) in [6, 6.07) is 16.7. The summed E-state index contributed by atoms with van der Waals surface area (Å²) in [7, 11) is 0. The molecule has 164 valence electrons. The molecule has 2 aliphatic rings. The van der Waals surface area contributed by atoms with Crippen molar-refractivity contribution in [1.82, 2.24) is 9.97 Å². The summed E-state index contributed by atoms with van der Waals surface area (Å²) < 4.78 is 12.4. The normalized spacial score (nSPS) is 17.4. The monoisotopic (exact) mass is 462 g/mol. The summed E-state index contributed by atoms with van der Waals surface area (Å²) >= 11 is 3.30. The fraction of sp³-hybridized carbons (Fsp3) is 0.385. The molecule has 6 rings (SSSR count). The van der Waals surface area contributed by atoms with E-state index < -0.39 is 0 Å². The Labute approximate surface area is 196 Å². The molecule has 0 spiro atoms. The Balaban J connectivity index is 1.22. The van der Waals surface area contributed by atoms with Gasteiger partial charge in [0.15, 0.2) is 9.66 Å². The molecule has 0 unspecified atom stereocenters. The highest BCUT2D eigenvalue weighted by Crippen LogP contribution is 2.38. The first-order valence-electron chi connectivity index (χ1n) is 11.6. The van der Waals surface area contributed by atoms with Gasteiger partial charge in [0.25, 0.3) is 0 Å². The minimum absolute atomic E-state index is 0.364. The minimum atomic E-state index is 0.364. The Morgan fingerprint density at radius 2 is 1.06 bits per heavy atom. The molecule has 4 aromatic rings. The summed E-state index contributed by atoms with van der Waals surface area (Å²) in [5, 5.41) is 2.00. The van der Waals surface area contributed by atoms with Gasteiger partial charge in [-0.15, -0.1) is 0 Å². The van der Waals surface area contributed by atoms with Crippen LogP contribution >= 0.6 is 22.7 Å². The molecule has 2 aliphatic carbocycles. The van der Waals surface area contributed by atoms with Gasteiger partial charge in [0.1, 0.15) is 21.5 Å².